The number of likely N-dealkylation sites (tertiary alicyclic amines) is 1. The normalized spacial score (nSPS) is 14.8. The number of tetrazole rings is 1. The monoisotopic (exact) mass is 495 g/mol. The Morgan fingerprint density at radius 3 is 2.64 bits per heavy atom. The molecule has 192 valence electrons. The first kappa shape index (κ1) is 25.2. The maximum absolute atomic E-state index is 12.4. The number of phenolic OH excluding ortho intramolecular Hbond substituents is 1. The van der Waals surface area contributed by atoms with Gasteiger partial charge in [-0.1, -0.05) is 19.1 Å². The minimum Gasteiger partial charge on any atom is -0.508 e. The van der Waals surface area contributed by atoms with Gasteiger partial charge in [0.15, 0.2) is 5.82 Å². The van der Waals surface area contributed by atoms with Crippen LogP contribution in [-0.2, 0) is 11.2 Å². The molecule has 1 saturated heterocycles. The summed E-state index contributed by atoms with van der Waals surface area (Å²) in [5.74, 6) is 1.21. The van der Waals surface area contributed by atoms with Gasteiger partial charge < -0.3 is 24.8 Å². The summed E-state index contributed by atoms with van der Waals surface area (Å²) in [5, 5.41) is 26.4. The van der Waals surface area contributed by atoms with Crippen molar-refractivity contribution >= 4 is 11.8 Å². The van der Waals surface area contributed by atoms with Crippen LogP contribution in [0.5, 0.6) is 11.6 Å². The minimum atomic E-state index is -0.564. The number of aromatic hydroxyl groups is 1. The molecule has 0 aliphatic carbocycles. The summed E-state index contributed by atoms with van der Waals surface area (Å²) in [7, 11) is 1.56. The van der Waals surface area contributed by atoms with Gasteiger partial charge in [0.1, 0.15) is 17.4 Å². The van der Waals surface area contributed by atoms with Gasteiger partial charge in [0.2, 0.25) is 5.88 Å². The van der Waals surface area contributed by atoms with Crippen molar-refractivity contribution in [3.05, 3.63) is 53.0 Å². The molecule has 1 fully saturated rings. The van der Waals surface area contributed by atoms with Crippen LogP contribution in [0.1, 0.15) is 62.4 Å². The number of hydrogen-bond donors (Lipinski definition) is 2. The molecule has 0 radical (unpaired) electrons. The van der Waals surface area contributed by atoms with Gasteiger partial charge in [-0.3, -0.25) is 0 Å². The minimum absolute atomic E-state index is 0.117. The number of nitrogens with zero attached hydrogens (tertiary/aromatic N) is 6. The number of ether oxygens (including phenoxy) is 2. The van der Waals surface area contributed by atoms with E-state index in [1.54, 1.807) is 28.8 Å². The van der Waals surface area contributed by atoms with Crippen LogP contribution in [0.4, 0.5) is 10.5 Å². The van der Waals surface area contributed by atoms with Crippen LogP contribution in [0, 0.1) is 6.92 Å². The molecular formula is C25H33N7O4. The van der Waals surface area contributed by atoms with Crippen molar-refractivity contribution in [3.63, 3.8) is 0 Å². The van der Waals surface area contributed by atoms with Crippen LogP contribution in [0.2, 0.25) is 0 Å². The highest BCUT2D eigenvalue weighted by atomic mass is 16.6. The van der Waals surface area contributed by atoms with Crippen LogP contribution in [0.3, 0.4) is 0 Å². The van der Waals surface area contributed by atoms with Crippen LogP contribution in [-0.4, -0.2) is 67.1 Å². The zero-order valence-corrected chi connectivity index (χ0v) is 21.5. The second-order valence-corrected chi connectivity index (χ2v) is 9.85. The number of nitrogens with one attached hydrogen (secondary N) is 1. The Morgan fingerprint density at radius 1 is 1.25 bits per heavy atom. The molecule has 1 amide bonds. The molecular weight excluding hydrogens is 462 g/mol. The summed E-state index contributed by atoms with van der Waals surface area (Å²) in [5.41, 5.74) is 2.59. The number of aryl methyl sites for hydroxylation is 2. The smallest absolute Gasteiger partial charge is 0.410 e. The van der Waals surface area contributed by atoms with Gasteiger partial charge >= 0.3 is 6.09 Å². The Bertz CT molecular complexity index is 1230. The molecule has 1 aromatic carbocycles. The Kier molecular flexibility index (Phi) is 7.00. The molecule has 11 nitrogen and oxygen atoms in total. The Morgan fingerprint density at radius 2 is 2.00 bits per heavy atom. The van der Waals surface area contributed by atoms with E-state index in [1.807, 2.05) is 52.8 Å². The van der Waals surface area contributed by atoms with Gasteiger partial charge in [-0.25, -0.2) is 14.5 Å². The number of rotatable bonds is 7. The summed E-state index contributed by atoms with van der Waals surface area (Å²) >= 11 is 0. The molecule has 3 heterocycles. The first-order valence-corrected chi connectivity index (χ1v) is 11.9. The molecule has 3 aromatic rings. The highest BCUT2D eigenvalue weighted by molar-refractivity contribution is 5.69. The maximum atomic E-state index is 12.4. The lowest BCUT2D eigenvalue weighted by Gasteiger charge is -2.40. The van der Waals surface area contributed by atoms with Gasteiger partial charge in [-0.05, 0) is 61.7 Å². The van der Waals surface area contributed by atoms with Gasteiger partial charge in [-0.15, -0.1) is 5.10 Å². The lowest BCUT2D eigenvalue weighted by molar-refractivity contribution is -0.00107. The molecule has 0 bridgehead atoms. The molecule has 0 saturated carbocycles. The molecule has 2 N–H and O–H groups in total. The van der Waals surface area contributed by atoms with Crippen LogP contribution < -0.4 is 10.1 Å². The third-order valence-electron chi connectivity index (χ3n) is 6.01. The van der Waals surface area contributed by atoms with Crippen molar-refractivity contribution in [3.8, 4) is 11.6 Å². The summed E-state index contributed by atoms with van der Waals surface area (Å²) in [6, 6.07) is 8.53. The van der Waals surface area contributed by atoms with Crippen molar-refractivity contribution in [2.75, 3.05) is 25.5 Å². The van der Waals surface area contributed by atoms with Crippen LogP contribution in [0.25, 0.3) is 0 Å². The molecule has 2 aromatic heterocycles. The average molecular weight is 496 g/mol. The van der Waals surface area contributed by atoms with E-state index in [0.29, 0.717) is 36.2 Å². The standard InChI is InChI=1S/C25H33N7O4/c1-7-16-9-10-17(12-19(16)33)26-22(21-15(2)8-11-20(27-21)35-6)23-28-29-30-32(23)18-13-31(14-18)24(34)36-25(3,4)5/h8-12,18,22,26,33H,7,13-14H2,1-6H3. The second kappa shape index (κ2) is 10.00. The first-order chi connectivity index (χ1) is 17.1. The molecule has 1 unspecified atom stereocenters. The maximum Gasteiger partial charge on any atom is 0.410 e. The van der Waals surface area contributed by atoms with Crippen molar-refractivity contribution in [2.45, 2.75) is 58.7 Å². The lowest BCUT2D eigenvalue weighted by Crippen LogP contribution is -2.53. The van der Waals surface area contributed by atoms with E-state index in [0.717, 1.165) is 17.5 Å². The van der Waals surface area contributed by atoms with Gasteiger partial charge in [-0.2, -0.15) is 0 Å². The van der Waals surface area contributed by atoms with Crippen molar-refractivity contribution in [2.24, 2.45) is 0 Å². The largest absolute Gasteiger partial charge is 0.508 e. The van der Waals surface area contributed by atoms with Crippen molar-refractivity contribution in [1.29, 1.82) is 0 Å². The molecule has 1 atom stereocenters. The number of carbonyl (C=O) groups is 1. The van der Waals surface area contributed by atoms with Gasteiger partial charge in [0.25, 0.3) is 0 Å². The first-order valence-electron chi connectivity index (χ1n) is 11.9. The van der Waals surface area contributed by atoms with E-state index in [2.05, 4.69) is 25.8 Å². The summed E-state index contributed by atoms with van der Waals surface area (Å²) < 4.78 is 12.6. The molecule has 0 spiro atoms. The number of amides is 1. The number of aromatic nitrogens is 5. The average Bonchev–Trinajstić information content (AvgIpc) is 3.25. The van der Waals surface area contributed by atoms with Crippen molar-refractivity contribution < 1.29 is 19.4 Å². The fourth-order valence-electron chi connectivity index (χ4n) is 4.04. The number of benzene rings is 1. The number of methoxy groups -OCH3 is 1. The Balaban J connectivity index is 1.65. The Labute approximate surface area is 210 Å². The number of carbonyl (C=O) groups excluding carboxylic acids is 1. The van der Waals surface area contributed by atoms with Crippen LogP contribution >= 0.6 is 0 Å². The zero-order valence-electron chi connectivity index (χ0n) is 21.5. The number of pyridine rings is 1. The van der Waals surface area contributed by atoms with E-state index in [4.69, 9.17) is 9.47 Å². The van der Waals surface area contributed by atoms with E-state index < -0.39 is 11.6 Å². The van der Waals surface area contributed by atoms with Crippen LogP contribution in [0.15, 0.2) is 30.3 Å². The number of hydrogen-bond acceptors (Lipinski definition) is 9. The highest BCUT2D eigenvalue weighted by Gasteiger charge is 2.38. The third-order valence-corrected chi connectivity index (χ3v) is 6.01. The molecule has 1 aliphatic rings. The summed E-state index contributed by atoms with van der Waals surface area (Å²) in [4.78, 5) is 18.7. The second-order valence-electron chi connectivity index (χ2n) is 9.85. The van der Waals surface area contributed by atoms with Gasteiger partial charge in [0, 0.05) is 30.9 Å². The number of anilines is 1. The van der Waals surface area contributed by atoms with Gasteiger partial charge in [0.05, 0.1) is 18.8 Å². The predicted molar refractivity (Wildman–Crippen MR) is 133 cm³/mol. The third kappa shape index (κ3) is 5.34. The molecule has 1 aliphatic heterocycles. The SMILES string of the molecule is CCc1ccc(NC(c2nc(OC)ccc2C)c2nnnn2C2CN(C(=O)OC(C)(C)C)C2)cc1O. The summed E-state index contributed by atoms with van der Waals surface area (Å²) in [6.45, 7) is 10.3. The fraction of sp³-hybridized carbons (Fsp3) is 0.480. The van der Waals surface area contributed by atoms with E-state index in [1.165, 1.54) is 0 Å². The predicted octanol–water partition coefficient (Wildman–Crippen LogP) is 3.65. The van der Waals surface area contributed by atoms with Crippen molar-refractivity contribution in [1.82, 2.24) is 30.1 Å². The highest BCUT2D eigenvalue weighted by Crippen LogP contribution is 2.33. The topological polar surface area (TPSA) is 128 Å². The number of phenols is 1. The molecule has 4 rings (SSSR count). The molecule has 11 heteroatoms. The van der Waals surface area contributed by atoms with E-state index >= 15 is 0 Å². The Hall–Kier alpha value is -3.89. The lowest BCUT2D eigenvalue weighted by atomic mass is 10.0. The molecule has 36 heavy (non-hydrogen) atoms. The van der Waals surface area contributed by atoms with E-state index in [9.17, 15) is 9.90 Å². The quantitative estimate of drug-likeness (QED) is 0.505. The zero-order chi connectivity index (χ0) is 26.0. The summed E-state index contributed by atoms with van der Waals surface area (Å²) in [6.07, 6.45) is 0.361. The fourth-order valence-corrected chi connectivity index (χ4v) is 4.04. The van der Waals surface area contributed by atoms with E-state index in [-0.39, 0.29) is 17.9 Å².